The number of benzene rings is 3. The number of rotatable bonds is 7. The Morgan fingerprint density at radius 2 is 1.64 bits per heavy atom. The molecular formula is C27H28N4O2. The van der Waals surface area contributed by atoms with E-state index >= 15 is 0 Å². The van der Waals surface area contributed by atoms with Gasteiger partial charge in [-0.2, -0.15) is 4.98 Å². The van der Waals surface area contributed by atoms with Crippen molar-refractivity contribution in [2.24, 2.45) is 5.92 Å². The second kappa shape index (κ2) is 9.69. The molecule has 1 heterocycles. The fraction of sp³-hybridized carbons (Fsp3) is 0.222. The Labute approximate surface area is 194 Å². The molecule has 0 saturated heterocycles. The molecule has 0 aliphatic rings. The Morgan fingerprint density at radius 3 is 2.30 bits per heavy atom. The number of carbonyl (C=O) groups excluding carboxylic acids is 1. The van der Waals surface area contributed by atoms with Gasteiger partial charge in [0.05, 0.1) is 12.3 Å². The minimum Gasteiger partial charge on any atom is -0.462 e. The highest BCUT2D eigenvalue weighted by atomic mass is 16.5. The van der Waals surface area contributed by atoms with E-state index in [2.05, 4.69) is 29.2 Å². The predicted octanol–water partition coefficient (Wildman–Crippen LogP) is 5.84. The summed E-state index contributed by atoms with van der Waals surface area (Å²) in [6.45, 7) is 8.74. The standard InChI is InChI=1S/C27H28N4O2/c1-18(2)17-33-27-29-25(21-12-8-19(3)9-13-21)31(30-27)24-7-5-6-23(16-24)28-26(32)22-14-10-20(4)11-15-22/h5-16,18H,17H2,1-4H3,(H,28,32). The molecule has 168 valence electrons. The van der Waals surface area contributed by atoms with Crippen LogP contribution in [0.2, 0.25) is 0 Å². The normalized spacial score (nSPS) is 10.9. The maximum absolute atomic E-state index is 12.7. The summed E-state index contributed by atoms with van der Waals surface area (Å²) in [4.78, 5) is 17.3. The molecule has 4 rings (SSSR count). The lowest BCUT2D eigenvalue weighted by molar-refractivity contribution is 0.102. The zero-order chi connectivity index (χ0) is 23.4. The van der Waals surface area contributed by atoms with E-state index in [4.69, 9.17) is 4.74 Å². The topological polar surface area (TPSA) is 69.0 Å². The van der Waals surface area contributed by atoms with Crippen LogP contribution in [-0.4, -0.2) is 27.3 Å². The highest BCUT2D eigenvalue weighted by Gasteiger charge is 2.16. The molecule has 0 aliphatic heterocycles. The smallest absolute Gasteiger partial charge is 0.336 e. The van der Waals surface area contributed by atoms with E-state index in [0.717, 1.165) is 16.8 Å². The fourth-order valence-corrected chi connectivity index (χ4v) is 3.29. The van der Waals surface area contributed by atoms with Gasteiger partial charge in [0, 0.05) is 16.8 Å². The van der Waals surface area contributed by atoms with E-state index in [9.17, 15) is 4.79 Å². The third-order valence-electron chi connectivity index (χ3n) is 5.11. The Bertz CT molecular complexity index is 1240. The second-order valence-electron chi connectivity index (χ2n) is 8.57. The van der Waals surface area contributed by atoms with E-state index in [1.54, 1.807) is 4.68 Å². The van der Waals surface area contributed by atoms with Crippen LogP contribution < -0.4 is 10.1 Å². The van der Waals surface area contributed by atoms with Gasteiger partial charge in [0.15, 0.2) is 5.82 Å². The first-order valence-corrected chi connectivity index (χ1v) is 11.0. The number of hydrogen-bond donors (Lipinski definition) is 1. The van der Waals surface area contributed by atoms with Crippen molar-refractivity contribution in [2.75, 3.05) is 11.9 Å². The van der Waals surface area contributed by atoms with Crippen LogP contribution in [0.5, 0.6) is 6.01 Å². The molecule has 0 aliphatic carbocycles. The van der Waals surface area contributed by atoms with Gasteiger partial charge in [-0.05, 0) is 50.1 Å². The van der Waals surface area contributed by atoms with Gasteiger partial charge in [-0.15, -0.1) is 5.10 Å². The SMILES string of the molecule is Cc1ccc(C(=O)Nc2cccc(-n3nc(OCC(C)C)nc3-c3ccc(C)cc3)c2)cc1. The molecule has 6 nitrogen and oxygen atoms in total. The highest BCUT2D eigenvalue weighted by Crippen LogP contribution is 2.25. The third-order valence-corrected chi connectivity index (χ3v) is 5.11. The number of amides is 1. The van der Waals surface area contributed by atoms with Gasteiger partial charge in [-0.3, -0.25) is 4.79 Å². The van der Waals surface area contributed by atoms with Crippen molar-refractivity contribution < 1.29 is 9.53 Å². The van der Waals surface area contributed by atoms with Gasteiger partial charge >= 0.3 is 6.01 Å². The summed E-state index contributed by atoms with van der Waals surface area (Å²) in [7, 11) is 0. The summed E-state index contributed by atoms with van der Waals surface area (Å²) in [5.41, 5.74) is 5.27. The van der Waals surface area contributed by atoms with Crippen molar-refractivity contribution in [3.05, 3.63) is 89.5 Å². The number of nitrogens with zero attached hydrogens (tertiary/aromatic N) is 3. The van der Waals surface area contributed by atoms with E-state index in [-0.39, 0.29) is 5.91 Å². The molecule has 0 unspecified atom stereocenters. The quantitative estimate of drug-likeness (QED) is 0.392. The molecule has 0 saturated carbocycles. The molecule has 1 N–H and O–H groups in total. The van der Waals surface area contributed by atoms with Crippen LogP contribution in [0, 0.1) is 19.8 Å². The van der Waals surface area contributed by atoms with Crippen LogP contribution in [0.15, 0.2) is 72.8 Å². The van der Waals surface area contributed by atoms with Crippen molar-refractivity contribution in [3.8, 4) is 23.1 Å². The van der Waals surface area contributed by atoms with Crippen LogP contribution in [0.3, 0.4) is 0 Å². The average molecular weight is 441 g/mol. The molecule has 0 atom stereocenters. The van der Waals surface area contributed by atoms with Gasteiger partial charge in [-0.1, -0.05) is 67.4 Å². The maximum Gasteiger partial charge on any atom is 0.336 e. The summed E-state index contributed by atoms with van der Waals surface area (Å²) in [6, 6.07) is 23.5. The monoisotopic (exact) mass is 440 g/mol. The zero-order valence-electron chi connectivity index (χ0n) is 19.4. The van der Waals surface area contributed by atoms with Gasteiger partial charge in [-0.25, -0.2) is 4.68 Å². The Kier molecular flexibility index (Phi) is 6.54. The van der Waals surface area contributed by atoms with Gasteiger partial charge in [0.1, 0.15) is 0 Å². The number of aromatic nitrogens is 3. The number of nitrogens with one attached hydrogen (secondary N) is 1. The lowest BCUT2D eigenvalue weighted by atomic mass is 10.1. The Hall–Kier alpha value is -3.93. The number of ether oxygens (including phenoxy) is 1. The largest absolute Gasteiger partial charge is 0.462 e. The van der Waals surface area contributed by atoms with Crippen molar-refractivity contribution in [3.63, 3.8) is 0 Å². The summed E-state index contributed by atoms with van der Waals surface area (Å²) in [6.07, 6.45) is 0. The van der Waals surface area contributed by atoms with Gasteiger partial charge < -0.3 is 10.1 Å². The van der Waals surface area contributed by atoms with Crippen LogP contribution >= 0.6 is 0 Å². The van der Waals surface area contributed by atoms with Crippen LogP contribution in [0.1, 0.15) is 35.3 Å². The first-order chi connectivity index (χ1) is 15.9. The van der Waals surface area contributed by atoms with Crippen molar-refractivity contribution in [1.29, 1.82) is 0 Å². The molecule has 0 fully saturated rings. The summed E-state index contributed by atoms with van der Waals surface area (Å²) in [5.74, 6) is 0.876. The van der Waals surface area contributed by atoms with Gasteiger partial charge in [0.25, 0.3) is 5.91 Å². The number of carbonyl (C=O) groups is 1. The number of anilines is 1. The van der Waals surface area contributed by atoms with Crippen molar-refractivity contribution in [1.82, 2.24) is 14.8 Å². The molecule has 0 radical (unpaired) electrons. The van der Waals surface area contributed by atoms with Crippen LogP contribution in [0.4, 0.5) is 5.69 Å². The van der Waals surface area contributed by atoms with Crippen molar-refractivity contribution in [2.45, 2.75) is 27.7 Å². The Balaban J connectivity index is 1.66. The predicted molar refractivity (Wildman–Crippen MR) is 131 cm³/mol. The molecule has 1 aromatic heterocycles. The first kappa shape index (κ1) is 22.3. The second-order valence-corrected chi connectivity index (χ2v) is 8.57. The van der Waals surface area contributed by atoms with E-state index < -0.39 is 0 Å². The van der Waals surface area contributed by atoms with Gasteiger partial charge in [0.2, 0.25) is 0 Å². The lowest BCUT2D eigenvalue weighted by Crippen LogP contribution is -2.12. The maximum atomic E-state index is 12.7. The van der Waals surface area contributed by atoms with E-state index in [0.29, 0.717) is 35.6 Å². The summed E-state index contributed by atoms with van der Waals surface area (Å²) < 4.78 is 7.56. The molecule has 4 aromatic rings. The summed E-state index contributed by atoms with van der Waals surface area (Å²) >= 11 is 0. The third kappa shape index (κ3) is 5.47. The van der Waals surface area contributed by atoms with Crippen molar-refractivity contribution >= 4 is 11.6 Å². The zero-order valence-corrected chi connectivity index (χ0v) is 19.4. The lowest BCUT2D eigenvalue weighted by Gasteiger charge is -2.10. The highest BCUT2D eigenvalue weighted by molar-refractivity contribution is 6.04. The molecule has 33 heavy (non-hydrogen) atoms. The minimum atomic E-state index is -0.162. The molecule has 0 spiro atoms. The number of aryl methyl sites for hydroxylation is 2. The fourth-order valence-electron chi connectivity index (χ4n) is 3.29. The number of hydrogen-bond acceptors (Lipinski definition) is 4. The Morgan fingerprint density at radius 1 is 0.970 bits per heavy atom. The average Bonchev–Trinajstić information content (AvgIpc) is 3.23. The minimum absolute atomic E-state index is 0.162. The summed E-state index contributed by atoms with van der Waals surface area (Å²) in [5, 5.41) is 7.58. The molecule has 1 amide bonds. The molecule has 6 heteroatoms. The molecular weight excluding hydrogens is 412 g/mol. The van der Waals surface area contributed by atoms with Crippen LogP contribution in [-0.2, 0) is 0 Å². The van der Waals surface area contributed by atoms with Crippen LogP contribution in [0.25, 0.3) is 17.1 Å². The first-order valence-electron chi connectivity index (χ1n) is 11.0. The van der Waals surface area contributed by atoms with E-state index in [1.165, 1.54) is 5.56 Å². The van der Waals surface area contributed by atoms with E-state index in [1.807, 2.05) is 86.6 Å². The molecule has 0 bridgehead atoms. The molecule has 3 aromatic carbocycles.